The molecule has 0 amide bonds. The highest BCUT2D eigenvalue weighted by Gasteiger charge is 2.32. The molecule has 0 saturated carbocycles. The normalized spacial score (nSPS) is 17.2. The molecule has 0 saturated heterocycles. The van der Waals surface area contributed by atoms with Crippen molar-refractivity contribution in [1.29, 1.82) is 0 Å². The molecule has 8 nitrogen and oxygen atoms in total. The van der Waals surface area contributed by atoms with Gasteiger partial charge < -0.3 is 19.6 Å². The Morgan fingerprint density at radius 1 is 1.46 bits per heavy atom. The Morgan fingerprint density at radius 3 is 2.88 bits per heavy atom. The van der Waals surface area contributed by atoms with E-state index in [9.17, 15) is 23.3 Å². The van der Waals surface area contributed by atoms with Crippen molar-refractivity contribution in [3.63, 3.8) is 0 Å². The van der Waals surface area contributed by atoms with Gasteiger partial charge in [0, 0.05) is 11.2 Å². The topological polar surface area (TPSA) is 92.3 Å². The molecule has 0 spiro atoms. The third-order valence-electron chi connectivity index (χ3n) is 3.31. The second kappa shape index (κ2) is 6.07. The second-order valence-electron chi connectivity index (χ2n) is 5.08. The summed E-state index contributed by atoms with van der Waals surface area (Å²) in [6.45, 7) is 0.484. The average molecular weight is 344 g/mol. The molecule has 24 heavy (non-hydrogen) atoms. The third kappa shape index (κ3) is 3.45. The summed E-state index contributed by atoms with van der Waals surface area (Å²) in [5, 5.41) is 10.7. The predicted octanol–water partition coefficient (Wildman–Crippen LogP) is 2.18. The molecule has 128 valence electrons. The van der Waals surface area contributed by atoms with Gasteiger partial charge in [-0.1, -0.05) is 6.07 Å². The fraction of sp³-hybridized carbons (Fsp3) is 0.385. The van der Waals surface area contributed by atoms with Crippen LogP contribution in [0.1, 0.15) is 11.3 Å². The minimum atomic E-state index is -4.48. The highest BCUT2D eigenvalue weighted by molar-refractivity contribution is 5.21. The molecule has 0 aliphatic carbocycles. The maximum Gasteiger partial charge on any atom is 0.433 e. The van der Waals surface area contributed by atoms with E-state index < -0.39 is 22.9 Å². The van der Waals surface area contributed by atoms with E-state index in [0.29, 0.717) is 12.1 Å². The molecule has 3 rings (SSSR count). The van der Waals surface area contributed by atoms with Crippen LogP contribution in [0.25, 0.3) is 0 Å². The van der Waals surface area contributed by atoms with E-state index in [4.69, 9.17) is 9.47 Å². The summed E-state index contributed by atoms with van der Waals surface area (Å²) in [4.78, 5) is 17.1. The van der Waals surface area contributed by atoms with Crippen molar-refractivity contribution in [3.8, 4) is 6.01 Å². The Hall–Kier alpha value is -2.69. The van der Waals surface area contributed by atoms with Gasteiger partial charge in [-0.2, -0.15) is 13.2 Å². The fourth-order valence-electron chi connectivity index (χ4n) is 2.15. The molecule has 0 fully saturated rings. The van der Waals surface area contributed by atoms with E-state index in [0.717, 1.165) is 12.3 Å². The van der Waals surface area contributed by atoms with Crippen LogP contribution in [0.4, 0.5) is 19.0 Å². The van der Waals surface area contributed by atoms with E-state index >= 15 is 0 Å². The zero-order valence-corrected chi connectivity index (χ0v) is 12.1. The van der Waals surface area contributed by atoms with Gasteiger partial charge in [-0.05, 0) is 16.6 Å². The average Bonchev–Trinajstić information content (AvgIpc) is 2.96. The molecule has 0 N–H and O–H groups in total. The Morgan fingerprint density at radius 2 is 2.25 bits per heavy atom. The van der Waals surface area contributed by atoms with E-state index in [1.165, 1.54) is 16.8 Å². The molecule has 2 aromatic heterocycles. The monoisotopic (exact) mass is 344 g/mol. The van der Waals surface area contributed by atoms with Gasteiger partial charge in [-0.25, -0.2) is 0 Å². The summed E-state index contributed by atoms with van der Waals surface area (Å²) in [6.07, 6.45) is -2.55. The van der Waals surface area contributed by atoms with Crippen LogP contribution in [-0.2, 0) is 24.1 Å². The van der Waals surface area contributed by atoms with Crippen molar-refractivity contribution in [3.05, 3.63) is 45.9 Å². The quantitative estimate of drug-likeness (QED) is 0.623. The summed E-state index contributed by atoms with van der Waals surface area (Å²) < 4.78 is 49.6. The minimum absolute atomic E-state index is 0.0469. The number of pyridine rings is 1. The van der Waals surface area contributed by atoms with E-state index in [-0.39, 0.29) is 25.0 Å². The number of rotatable bonds is 4. The summed E-state index contributed by atoms with van der Waals surface area (Å²) in [5.41, 5.74) is -0.493. The van der Waals surface area contributed by atoms with Crippen molar-refractivity contribution >= 4 is 5.82 Å². The number of fused-ring (bicyclic) bond motifs is 1. The van der Waals surface area contributed by atoms with Crippen LogP contribution in [0.5, 0.6) is 6.01 Å². The molecule has 1 aliphatic heterocycles. The highest BCUT2D eigenvalue weighted by Crippen LogP contribution is 2.27. The van der Waals surface area contributed by atoms with Crippen molar-refractivity contribution < 1.29 is 27.6 Å². The van der Waals surface area contributed by atoms with Crippen LogP contribution in [0, 0.1) is 10.1 Å². The van der Waals surface area contributed by atoms with Crippen molar-refractivity contribution in [1.82, 2.24) is 14.5 Å². The number of halogens is 3. The van der Waals surface area contributed by atoms with Gasteiger partial charge in [0.05, 0.1) is 13.2 Å². The molecule has 11 heteroatoms. The van der Waals surface area contributed by atoms with E-state index in [2.05, 4.69) is 9.97 Å². The first-order chi connectivity index (χ1) is 11.3. The second-order valence-corrected chi connectivity index (χ2v) is 5.08. The molecule has 1 atom stereocenters. The smallest absolute Gasteiger partial charge is 0.433 e. The largest absolute Gasteiger partial charge is 0.443 e. The number of nitrogens with zero attached hydrogens (tertiary/aromatic N) is 4. The van der Waals surface area contributed by atoms with Crippen molar-refractivity contribution in [2.75, 3.05) is 6.61 Å². The Balaban J connectivity index is 1.58. The maximum absolute atomic E-state index is 12.4. The molecule has 0 radical (unpaired) electrons. The van der Waals surface area contributed by atoms with Crippen LogP contribution in [-0.4, -0.2) is 32.2 Å². The zero-order valence-electron chi connectivity index (χ0n) is 12.1. The maximum atomic E-state index is 12.4. The van der Waals surface area contributed by atoms with Crippen LogP contribution in [0.15, 0.2) is 24.5 Å². The lowest BCUT2D eigenvalue weighted by atomic mass is 10.2. The number of alkyl halides is 3. The predicted molar refractivity (Wildman–Crippen MR) is 72.2 cm³/mol. The van der Waals surface area contributed by atoms with Crippen LogP contribution in [0.3, 0.4) is 0 Å². The van der Waals surface area contributed by atoms with Gasteiger partial charge in [0.15, 0.2) is 0 Å². The highest BCUT2D eigenvalue weighted by atomic mass is 19.4. The number of hydrogen-bond acceptors (Lipinski definition) is 6. The first-order valence-electron chi connectivity index (χ1n) is 6.81. The molecule has 1 aliphatic rings. The molecular formula is C13H11F3N4O4. The summed E-state index contributed by atoms with van der Waals surface area (Å²) in [5.74, 6) is -0.322. The standard InChI is InChI=1S/C13H11F3N4O4/c14-13(15,16)10-2-1-8(3-17-10)6-23-9-4-19-5-11(20(21)22)18-12(19)24-7-9/h1-3,5,9H,4,6-7H2/t9-/m0/s1. The molecule has 2 aromatic rings. The van der Waals surface area contributed by atoms with Crippen LogP contribution in [0.2, 0.25) is 0 Å². The SMILES string of the molecule is O=[N+]([O-])c1cn2c(n1)OC[C@@H](OCc1ccc(C(F)(F)F)nc1)C2. The summed E-state index contributed by atoms with van der Waals surface area (Å²) in [7, 11) is 0. The Bertz CT molecular complexity index is 745. The summed E-state index contributed by atoms with van der Waals surface area (Å²) in [6, 6.07) is 2.30. The number of aromatic nitrogens is 3. The van der Waals surface area contributed by atoms with Gasteiger partial charge >= 0.3 is 18.0 Å². The minimum Gasteiger partial charge on any atom is -0.443 e. The molecule has 0 aromatic carbocycles. The fourth-order valence-corrected chi connectivity index (χ4v) is 2.15. The number of ether oxygens (including phenoxy) is 2. The van der Waals surface area contributed by atoms with Crippen molar-refractivity contribution in [2.24, 2.45) is 0 Å². The molecular weight excluding hydrogens is 333 g/mol. The lowest BCUT2D eigenvalue weighted by Gasteiger charge is -2.22. The molecule has 3 heterocycles. The van der Waals surface area contributed by atoms with E-state index in [1.807, 2.05) is 0 Å². The van der Waals surface area contributed by atoms with Crippen molar-refractivity contribution in [2.45, 2.75) is 25.4 Å². The first kappa shape index (κ1) is 16.2. The lowest BCUT2D eigenvalue weighted by molar-refractivity contribution is -0.389. The zero-order chi connectivity index (χ0) is 17.3. The Kier molecular flexibility index (Phi) is 4.09. The third-order valence-corrected chi connectivity index (χ3v) is 3.31. The first-order valence-corrected chi connectivity index (χ1v) is 6.81. The number of nitro groups is 1. The van der Waals surface area contributed by atoms with E-state index in [1.54, 1.807) is 0 Å². The number of imidazole rings is 1. The van der Waals surface area contributed by atoms with Crippen LogP contribution >= 0.6 is 0 Å². The van der Waals surface area contributed by atoms with Gasteiger partial charge in [0.1, 0.15) is 24.6 Å². The van der Waals surface area contributed by atoms with Gasteiger partial charge in [-0.15, -0.1) is 0 Å². The van der Waals surface area contributed by atoms with Gasteiger partial charge in [0.2, 0.25) is 0 Å². The Labute approximate surface area is 133 Å². The summed E-state index contributed by atoms with van der Waals surface area (Å²) >= 11 is 0. The molecule has 0 bridgehead atoms. The van der Waals surface area contributed by atoms with Gasteiger partial charge in [0.25, 0.3) is 0 Å². The lowest BCUT2D eigenvalue weighted by Crippen LogP contribution is -2.32. The number of hydrogen-bond donors (Lipinski definition) is 0. The van der Waals surface area contributed by atoms with Gasteiger partial charge in [-0.3, -0.25) is 9.55 Å². The van der Waals surface area contributed by atoms with Crippen LogP contribution < -0.4 is 4.74 Å². The molecule has 0 unspecified atom stereocenters.